The standard InChI is InChI=1S/C15H22ClNO2/c1-11(2)17-9-12-5-3-7-14(16)15(12)19-13-6-4-8-18-10-13/h3,5,7,11,13,17H,4,6,8-10H2,1-2H3. The zero-order chi connectivity index (χ0) is 13.7. The van der Waals surface area contributed by atoms with Crippen molar-refractivity contribution in [3.63, 3.8) is 0 Å². The summed E-state index contributed by atoms with van der Waals surface area (Å²) in [6.45, 7) is 6.51. The lowest BCUT2D eigenvalue weighted by Gasteiger charge is -2.25. The molecule has 0 aliphatic carbocycles. The molecule has 0 radical (unpaired) electrons. The fourth-order valence-electron chi connectivity index (χ4n) is 2.11. The fraction of sp³-hybridized carbons (Fsp3) is 0.600. The predicted octanol–water partition coefficient (Wildman–Crippen LogP) is 3.40. The third-order valence-corrected chi connectivity index (χ3v) is 3.45. The summed E-state index contributed by atoms with van der Waals surface area (Å²) < 4.78 is 11.5. The fourth-order valence-corrected chi connectivity index (χ4v) is 2.35. The van der Waals surface area contributed by atoms with Crippen molar-refractivity contribution in [2.45, 2.75) is 45.4 Å². The second kappa shape index (κ2) is 7.13. The molecule has 1 aromatic carbocycles. The third kappa shape index (κ3) is 4.37. The molecule has 1 saturated heterocycles. The Bertz CT molecular complexity index is 403. The Balaban J connectivity index is 2.07. The number of rotatable bonds is 5. The van der Waals surface area contributed by atoms with Crippen molar-refractivity contribution < 1.29 is 9.47 Å². The van der Waals surface area contributed by atoms with Gasteiger partial charge in [-0.1, -0.05) is 37.6 Å². The minimum Gasteiger partial charge on any atom is -0.486 e. The summed E-state index contributed by atoms with van der Waals surface area (Å²) in [5, 5.41) is 4.07. The van der Waals surface area contributed by atoms with Gasteiger partial charge in [0.05, 0.1) is 11.6 Å². The zero-order valence-corrected chi connectivity index (χ0v) is 12.4. The molecular weight excluding hydrogens is 262 g/mol. The maximum atomic E-state index is 6.27. The van der Waals surface area contributed by atoms with E-state index in [1.807, 2.05) is 12.1 Å². The second-order valence-corrected chi connectivity index (χ2v) is 5.63. The highest BCUT2D eigenvalue weighted by molar-refractivity contribution is 6.32. The SMILES string of the molecule is CC(C)NCc1cccc(Cl)c1OC1CCCOC1. The topological polar surface area (TPSA) is 30.5 Å². The number of nitrogens with one attached hydrogen (secondary N) is 1. The molecule has 1 heterocycles. The van der Waals surface area contributed by atoms with Crippen molar-refractivity contribution in [3.8, 4) is 5.75 Å². The van der Waals surface area contributed by atoms with Crippen LogP contribution in [0.25, 0.3) is 0 Å². The normalized spacial score (nSPS) is 19.7. The van der Waals surface area contributed by atoms with Gasteiger partial charge in [0, 0.05) is 24.8 Å². The maximum Gasteiger partial charge on any atom is 0.142 e. The Hall–Kier alpha value is -0.770. The molecule has 4 heteroatoms. The van der Waals surface area contributed by atoms with Gasteiger partial charge in [-0.05, 0) is 18.9 Å². The first-order valence-corrected chi connectivity index (χ1v) is 7.30. The van der Waals surface area contributed by atoms with Gasteiger partial charge in [-0.2, -0.15) is 0 Å². The molecule has 1 aromatic rings. The average molecular weight is 284 g/mol. The van der Waals surface area contributed by atoms with Crippen LogP contribution in [-0.4, -0.2) is 25.4 Å². The average Bonchev–Trinajstić information content (AvgIpc) is 2.40. The van der Waals surface area contributed by atoms with Crippen LogP contribution < -0.4 is 10.1 Å². The van der Waals surface area contributed by atoms with Gasteiger partial charge in [0.1, 0.15) is 11.9 Å². The van der Waals surface area contributed by atoms with Crippen LogP contribution in [0.2, 0.25) is 5.02 Å². The monoisotopic (exact) mass is 283 g/mol. The molecule has 19 heavy (non-hydrogen) atoms. The van der Waals surface area contributed by atoms with E-state index in [0.29, 0.717) is 17.7 Å². The second-order valence-electron chi connectivity index (χ2n) is 5.22. The number of para-hydroxylation sites is 1. The van der Waals surface area contributed by atoms with Gasteiger partial charge < -0.3 is 14.8 Å². The Morgan fingerprint density at radius 3 is 3.00 bits per heavy atom. The van der Waals surface area contributed by atoms with Gasteiger partial charge in [0.2, 0.25) is 0 Å². The van der Waals surface area contributed by atoms with Crippen LogP contribution in [0.1, 0.15) is 32.3 Å². The quantitative estimate of drug-likeness (QED) is 0.898. The molecule has 0 aromatic heterocycles. The van der Waals surface area contributed by atoms with E-state index >= 15 is 0 Å². The molecule has 2 rings (SSSR count). The van der Waals surface area contributed by atoms with E-state index < -0.39 is 0 Å². The van der Waals surface area contributed by atoms with Crippen LogP contribution in [0.5, 0.6) is 5.75 Å². The van der Waals surface area contributed by atoms with Crippen molar-refractivity contribution in [2.75, 3.05) is 13.2 Å². The number of halogens is 1. The van der Waals surface area contributed by atoms with Crippen molar-refractivity contribution in [3.05, 3.63) is 28.8 Å². The molecule has 1 atom stereocenters. The number of benzene rings is 1. The highest BCUT2D eigenvalue weighted by Gasteiger charge is 2.18. The van der Waals surface area contributed by atoms with E-state index in [1.165, 1.54) is 0 Å². The minimum absolute atomic E-state index is 0.117. The van der Waals surface area contributed by atoms with E-state index in [0.717, 1.165) is 37.3 Å². The van der Waals surface area contributed by atoms with Crippen molar-refractivity contribution >= 4 is 11.6 Å². The lowest BCUT2D eigenvalue weighted by atomic mass is 10.1. The largest absolute Gasteiger partial charge is 0.486 e. The summed E-state index contributed by atoms with van der Waals surface area (Å²) in [6, 6.07) is 6.33. The molecule has 1 aliphatic rings. The number of ether oxygens (including phenoxy) is 2. The van der Waals surface area contributed by atoms with Gasteiger partial charge in [-0.25, -0.2) is 0 Å². The molecule has 1 N–H and O–H groups in total. The van der Waals surface area contributed by atoms with Gasteiger partial charge in [0.15, 0.2) is 0 Å². The Morgan fingerprint density at radius 1 is 1.47 bits per heavy atom. The Kier molecular flexibility index (Phi) is 5.49. The highest BCUT2D eigenvalue weighted by atomic mass is 35.5. The van der Waals surface area contributed by atoms with E-state index in [1.54, 1.807) is 0 Å². The molecule has 0 amide bonds. The Morgan fingerprint density at radius 2 is 2.32 bits per heavy atom. The van der Waals surface area contributed by atoms with Gasteiger partial charge in [-0.15, -0.1) is 0 Å². The summed E-state index contributed by atoms with van der Waals surface area (Å²) in [6.07, 6.45) is 2.20. The first kappa shape index (κ1) is 14.6. The molecular formula is C15H22ClNO2. The molecule has 0 bridgehead atoms. The van der Waals surface area contributed by atoms with E-state index in [-0.39, 0.29) is 6.10 Å². The van der Waals surface area contributed by atoms with Gasteiger partial charge >= 0.3 is 0 Å². The van der Waals surface area contributed by atoms with Crippen LogP contribution in [0.4, 0.5) is 0 Å². The van der Waals surface area contributed by atoms with Crippen LogP contribution in [0.15, 0.2) is 18.2 Å². The van der Waals surface area contributed by atoms with E-state index in [4.69, 9.17) is 21.1 Å². The molecule has 3 nitrogen and oxygen atoms in total. The first-order valence-electron chi connectivity index (χ1n) is 6.92. The van der Waals surface area contributed by atoms with Crippen molar-refractivity contribution in [1.82, 2.24) is 5.32 Å². The lowest BCUT2D eigenvalue weighted by molar-refractivity contribution is 0.00704. The van der Waals surface area contributed by atoms with Crippen LogP contribution in [0.3, 0.4) is 0 Å². The molecule has 106 valence electrons. The summed E-state index contributed by atoms with van der Waals surface area (Å²) in [5.41, 5.74) is 1.10. The summed E-state index contributed by atoms with van der Waals surface area (Å²) in [7, 11) is 0. The number of hydrogen-bond donors (Lipinski definition) is 1. The summed E-state index contributed by atoms with van der Waals surface area (Å²) >= 11 is 6.27. The summed E-state index contributed by atoms with van der Waals surface area (Å²) in [4.78, 5) is 0. The number of hydrogen-bond acceptors (Lipinski definition) is 3. The van der Waals surface area contributed by atoms with Gasteiger partial charge in [0.25, 0.3) is 0 Å². The Labute approximate surface area is 120 Å². The zero-order valence-electron chi connectivity index (χ0n) is 11.6. The third-order valence-electron chi connectivity index (χ3n) is 3.15. The van der Waals surface area contributed by atoms with Crippen molar-refractivity contribution in [1.29, 1.82) is 0 Å². The van der Waals surface area contributed by atoms with E-state index in [9.17, 15) is 0 Å². The molecule has 1 aliphatic heterocycles. The maximum absolute atomic E-state index is 6.27. The summed E-state index contributed by atoms with van der Waals surface area (Å²) in [5.74, 6) is 0.799. The van der Waals surface area contributed by atoms with Crippen LogP contribution in [-0.2, 0) is 11.3 Å². The van der Waals surface area contributed by atoms with Crippen molar-refractivity contribution in [2.24, 2.45) is 0 Å². The first-order chi connectivity index (χ1) is 9.16. The molecule has 0 spiro atoms. The molecule has 1 unspecified atom stereocenters. The van der Waals surface area contributed by atoms with Crippen LogP contribution >= 0.6 is 11.6 Å². The minimum atomic E-state index is 0.117. The smallest absolute Gasteiger partial charge is 0.142 e. The van der Waals surface area contributed by atoms with Crippen LogP contribution in [0, 0.1) is 0 Å². The molecule has 1 fully saturated rings. The van der Waals surface area contributed by atoms with Gasteiger partial charge in [-0.3, -0.25) is 0 Å². The highest BCUT2D eigenvalue weighted by Crippen LogP contribution is 2.30. The predicted molar refractivity (Wildman–Crippen MR) is 77.9 cm³/mol. The lowest BCUT2D eigenvalue weighted by Crippen LogP contribution is -2.29. The molecule has 0 saturated carbocycles. The van der Waals surface area contributed by atoms with E-state index in [2.05, 4.69) is 25.2 Å².